The van der Waals surface area contributed by atoms with Crippen LogP contribution in [0.5, 0.6) is 40.2 Å². The van der Waals surface area contributed by atoms with E-state index < -0.39 is 0 Å². The molecule has 35 heavy (non-hydrogen) atoms. The number of phenolic OH excluding ortho intramolecular Hbond substituents is 2. The van der Waals surface area contributed by atoms with E-state index in [1.54, 1.807) is 32.4 Å². The molecule has 0 spiro atoms. The normalized spacial score (nSPS) is 17.3. The van der Waals surface area contributed by atoms with Gasteiger partial charge >= 0.3 is 0 Å². The van der Waals surface area contributed by atoms with E-state index in [2.05, 4.69) is 19.9 Å². The first-order valence-electron chi connectivity index (χ1n) is 11.5. The van der Waals surface area contributed by atoms with Crippen LogP contribution >= 0.6 is 0 Å². The minimum absolute atomic E-state index is 0.0295. The lowest BCUT2D eigenvalue weighted by Crippen LogP contribution is -2.08. The van der Waals surface area contributed by atoms with Gasteiger partial charge in [-0.3, -0.25) is 0 Å². The van der Waals surface area contributed by atoms with Gasteiger partial charge < -0.3 is 33.9 Å². The summed E-state index contributed by atoms with van der Waals surface area (Å²) in [6, 6.07) is 13.2. The number of rotatable bonds is 8. The SMILES string of the molecule is COc1cc(C(C)Cc2cc(OC)c3c(c2)C(C)C(c2cc(OC)c(O)c(OC)c2)O3)ccc1O. The first kappa shape index (κ1) is 24.4. The van der Waals surface area contributed by atoms with Gasteiger partial charge in [0.25, 0.3) is 0 Å². The molecule has 3 aromatic rings. The van der Waals surface area contributed by atoms with Crippen LogP contribution in [0.15, 0.2) is 42.5 Å². The number of ether oxygens (including phenoxy) is 5. The fraction of sp³-hybridized carbons (Fsp3) is 0.357. The molecule has 7 nitrogen and oxygen atoms in total. The summed E-state index contributed by atoms with van der Waals surface area (Å²) in [7, 11) is 6.20. The zero-order valence-electron chi connectivity index (χ0n) is 20.9. The monoisotopic (exact) mass is 480 g/mol. The van der Waals surface area contributed by atoms with Crippen molar-refractivity contribution in [1.29, 1.82) is 0 Å². The van der Waals surface area contributed by atoms with Crippen LogP contribution in [0.4, 0.5) is 0 Å². The van der Waals surface area contributed by atoms with Crippen LogP contribution in [0.3, 0.4) is 0 Å². The van der Waals surface area contributed by atoms with Crippen molar-refractivity contribution in [1.82, 2.24) is 0 Å². The third-order valence-electron chi connectivity index (χ3n) is 6.70. The number of hydrogen-bond donors (Lipinski definition) is 2. The second-order valence-electron chi connectivity index (χ2n) is 8.85. The van der Waals surface area contributed by atoms with Crippen LogP contribution in [-0.2, 0) is 6.42 Å². The maximum atomic E-state index is 10.3. The summed E-state index contributed by atoms with van der Waals surface area (Å²) in [4.78, 5) is 0. The molecule has 2 N–H and O–H groups in total. The van der Waals surface area contributed by atoms with Crippen LogP contribution < -0.4 is 23.7 Å². The van der Waals surface area contributed by atoms with Crippen molar-refractivity contribution >= 4 is 0 Å². The lowest BCUT2D eigenvalue weighted by molar-refractivity contribution is 0.207. The molecule has 1 aliphatic heterocycles. The lowest BCUT2D eigenvalue weighted by atomic mass is 9.88. The van der Waals surface area contributed by atoms with E-state index in [0.717, 1.165) is 34.4 Å². The van der Waals surface area contributed by atoms with Crippen LogP contribution in [0, 0.1) is 0 Å². The summed E-state index contributed by atoms with van der Waals surface area (Å²) in [5.41, 5.74) is 4.10. The molecule has 0 bridgehead atoms. The first-order chi connectivity index (χ1) is 16.8. The topological polar surface area (TPSA) is 86.6 Å². The van der Waals surface area contributed by atoms with Crippen molar-refractivity contribution in [3.05, 3.63) is 64.7 Å². The molecule has 1 heterocycles. The fourth-order valence-electron chi connectivity index (χ4n) is 4.72. The zero-order chi connectivity index (χ0) is 25.3. The molecule has 0 radical (unpaired) electrons. The fourth-order valence-corrected chi connectivity index (χ4v) is 4.72. The molecule has 3 unspecified atom stereocenters. The molecule has 186 valence electrons. The molecular weight excluding hydrogens is 448 g/mol. The molecule has 7 heteroatoms. The summed E-state index contributed by atoms with van der Waals surface area (Å²) < 4.78 is 28.1. The van der Waals surface area contributed by atoms with E-state index in [9.17, 15) is 10.2 Å². The molecular formula is C28H32O7. The molecule has 0 saturated heterocycles. The maximum absolute atomic E-state index is 10.3. The number of benzene rings is 3. The Morgan fingerprint density at radius 1 is 0.829 bits per heavy atom. The van der Waals surface area contributed by atoms with Gasteiger partial charge in [0, 0.05) is 17.0 Å². The summed E-state index contributed by atoms with van der Waals surface area (Å²) in [6.07, 6.45) is 0.479. The molecule has 0 amide bonds. The Labute approximate surface area is 205 Å². The predicted molar refractivity (Wildman–Crippen MR) is 133 cm³/mol. The highest BCUT2D eigenvalue weighted by atomic mass is 16.5. The van der Waals surface area contributed by atoms with E-state index in [0.29, 0.717) is 23.0 Å². The van der Waals surface area contributed by atoms with Crippen molar-refractivity contribution in [2.24, 2.45) is 0 Å². The molecule has 4 rings (SSSR count). The Hall–Kier alpha value is -3.74. The Morgan fingerprint density at radius 3 is 2.06 bits per heavy atom. The number of aromatic hydroxyl groups is 2. The molecule has 0 aromatic heterocycles. The van der Waals surface area contributed by atoms with Gasteiger partial charge in [0.05, 0.1) is 28.4 Å². The Bertz CT molecular complexity index is 1200. The highest BCUT2D eigenvalue weighted by molar-refractivity contribution is 5.58. The lowest BCUT2D eigenvalue weighted by Gasteiger charge is -2.19. The Balaban J connectivity index is 1.65. The maximum Gasteiger partial charge on any atom is 0.200 e. The quantitative estimate of drug-likeness (QED) is 0.427. The zero-order valence-corrected chi connectivity index (χ0v) is 20.9. The average Bonchev–Trinajstić information content (AvgIpc) is 3.20. The standard InChI is InChI=1S/C28H32O7/c1-15(18-7-8-21(29)22(12-18)31-3)9-17-10-20-16(2)27(35-28(20)25(11-17)34-6)19-13-23(32-4)26(30)24(14-19)33-5/h7-8,10-16,27,29-30H,9H2,1-6H3. The van der Waals surface area contributed by atoms with Crippen molar-refractivity contribution in [2.45, 2.75) is 38.2 Å². The molecule has 0 aliphatic carbocycles. The second kappa shape index (κ2) is 9.86. The van der Waals surface area contributed by atoms with E-state index in [-0.39, 0.29) is 29.4 Å². The number of phenols is 2. The number of hydrogen-bond acceptors (Lipinski definition) is 7. The molecule has 0 saturated carbocycles. The Morgan fingerprint density at radius 2 is 1.46 bits per heavy atom. The average molecular weight is 481 g/mol. The third-order valence-corrected chi connectivity index (χ3v) is 6.70. The minimum atomic E-state index is -0.295. The highest BCUT2D eigenvalue weighted by Crippen LogP contribution is 2.52. The third kappa shape index (κ3) is 4.50. The van der Waals surface area contributed by atoms with E-state index >= 15 is 0 Å². The smallest absolute Gasteiger partial charge is 0.200 e. The van der Waals surface area contributed by atoms with Gasteiger partial charge in [0.2, 0.25) is 5.75 Å². The summed E-state index contributed by atoms with van der Waals surface area (Å²) in [5.74, 6) is 2.83. The Kier molecular flexibility index (Phi) is 6.87. The summed E-state index contributed by atoms with van der Waals surface area (Å²) in [5, 5.41) is 20.2. The van der Waals surface area contributed by atoms with Gasteiger partial charge in [-0.1, -0.05) is 26.0 Å². The largest absolute Gasteiger partial charge is 0.504 e. The number of fused-ring (bicyclic) bond motifs is 1. The minimum Gasteiger partial charge on any atom is -0.504 e. The van der Waals surface area contributed by atoms with E-state index in [1.807, 2.05) is 18.2 Å². The van der Waals surface area contributed by atoms with Crippen LogP contribution in [0.1, 0.15) is 54.0 Å². The molecule has 3 atom stereocenters. The highest BCUT2D eigenvalue weighted by Gasteiger charge is 2.36. The molecule has 1 aliphatic rings. The van der Waals surface area contributed by atoms with Crippen molar-refractivity contribution in [2.75, 3.05) is 28.4 Å². The second-order valence-corrected chi connectivity index (χ2v) is 8.85. The van der Waals surface area contributed by atoms with Crippen LogP contribution in [0.25, 0.3) is 0 Å². The first-order valence-corrected chi connectivity index (χ1v) is 11.5. The predicted octanol–water partition coefficient (Wildman–Crippen LogP) is 5.72. The van der Waals surface area contributed by atoms with Crippen molar-refractivity contribution in [3.8, 4) is 40.2 Å². The van der Waals surface area contributed by atoms with E-state index in [4.69, 9.17) is 23.7 Å². The van der Waals surface area contributed by atoms with Crippen molar-refractivity contribution < 1.29 is 33.9 Å². The van der Waals surface area contributed by atoms with Crippen molar-refractivity contribution in [3.63, 3.8) is 0 Å². The van der Waals surface area contributed by atoms with Crippen LogP contribution in [0.2, 0.25) is 0 Å². The van der Waals surface area contributed by atoms with Crippen LogP contribution in [-0.4, -0.2) is 38.7 Å². The number of methoxy groups -OCH3 is 4. The van der Waals surface area contributed by atoms with Gasteiger partial charge in [0.15, 0.2) is 34.5 Å². The molecule has 3 aromatic carbocycles. The van der Waals surface area contributed by atoms with Gasteiger partial charge in [-0.2, -0.15) is 0 Å². The van der Waals surface area contributed by atoms with Gasteiger partial charge in [0.1, 0.15) is 6.10 Å². The van der Waals surface area contributed by atoms with Gasteiger partial charge in [-0.15, -0.1) is 0 Å². The van der Waals surface area contributed by atoms with E-state index in [1.165, 1.54) is 14.2 Å². The van der Waals surface area contributed by atoms with Gasteiger partial charge in [-0.05, 0) is 53.8 Å². The molecule has 0 fully saturated rings. The summed E-state index contributed by atoms with van der Waals surface area (Å²) >= 11 is 0. The summed E-state index contributed by atoms with van der Waals surface area (Å²) in [6.45, 7) is 4.25. The van der Waals surface area contributed by atoms with Gasteiger partial charge in [-0.25, -0.2) is 0 Å².